The fraction of sp³-hybridized carbons (Fsp3) is 0.400. The highest BCUT2D eigenvalue weighted by Crippen LogP contribution is 2.21. The van der Waals surface area contributed by atoms with E-state index in [1.54, 1.807) is 11.3 Å². The van der Waals surface area contributed by atoms with Crippen molar-refractivity contribution in [1.29, 1.82) is 0 Å². The Bertz CT molecular complexity index is 726. The van der Waals surface area contributed by atoms with Crippen molar-refractivity contribution in [1.82, 2.24) is 4.90 Å². The molecule has 1 aromatic carbocycles. The van der Waals surface area contributed by atoms with Gasteiger partial charge in [-0.1, -0.05) is 24.0 Å². The van der Waals surface area contributed by atoms with E-state index in [4.69, 9.17) is 9.84 Å². The number of ether oxygens (including phenoxy) is 1. The Morgan fingerprint density at radius 2 is 2.12 bits per heavy atom. The van der Waals surface area contributed by atoms with E-state index < -0.39 is 0 Å². The van der Waals surface area contributed by atoms with Gasteiger partial charge in [-0.2, -0.15) is 0 Å². The summed E-state index contributed by atoms with van der Waals surface area (Å²) in [5.41, 5.74) is 2.03. The molecule has 0 saturated carbocycles. The van der Waals surface area contributed by atoms with Crippen LogP contribution in [0, 0.1) is 17.7 Å². The van der Waals surface area contributed by atoms with Gasteiger partial charge in [0, 0.05) is 42.1 Å². The fourth-order valence-electron chi connectivity index (χ4n) is 3.00. The van der Waals surface area contributed by atoms with E-state index in [0.29, 0.717) is 0 Å². The van der Waals surface area contributed by atoms with Crippen molar-refractivity contribution < 1.29 is 14.2 Å². The van der Waals surface area contributed by atoms with Gasteiger partial charge in [-0.15, -0.1) is 11.3 Å². The van der Waals surface area contributed by atoms with Crippen molar-refractivity contribution in [2.75, 3.05) is 19.8 Å². The van der Waals surface area contributed by atoms with Gasteiger partial charge < -0.3 is 9.84 Å². The Kier molecular flexibility index (Phi) is 6.60. The van der Waals surface area contributed by atoms with Gasteiger partial charge in [0.2, 0.25) is 0 Å². The van der Waals surface area contributed by atoms with Gasteiger partial charge in [-0.25, -0.2) is 4.39 Å². The summed E-state index contributed by atoms with van der Waals surface area (Å²) in [5.74, 6) is 5.41. The maximum Gasteiger partial charge on any atom is 0.123 e. The molecule has 1 saturated heterocycles. The lowest BCUT2D eigenvalue weighted by atomic mass is 10.1. The molecule has 25 heavy (non-hydrogen) atoms. The summed E-state index contributed by atoms with van der Waals surface area (Å²) < 4.78 is 18.9. The summed E-state index contributed by atoms with van der Waals surface area (Å²) in [6.07, 6.45) is 2.49. The van der Waals surface area contributed by atoms with Gasteiger partial charge >= 0.3 is 0 Å². The van der Waals surface area contributed by atoms with Crippen LogP contribution in [0.15, 0.2) is 35.7 Å². The van der Waals surface area contributed by atoms with Gasteiger partial charge in [0.25, 0.3) is 0 Å². The summed E-state index contributed by atoms with van der Waals surface area (Å²) in [7, 11) is 0. The standard InChI is InChI=1S/C20H22FNO2S/c21-18-7-5-16(6-8-18)12-22(13-19-4-2-10-24-19)14-20-11-17(15-25-20)3-1-9-23/h5-8,11,15,19,23H,2,4,9-10,12-14H2. The van der Waals surface area contributed by atoms with E-state index in [1.165, 1.54) is 17.0 Å². The molecule has 0 aliphatic carbocycles. The number of rotatable bonds is 6. The highest BCUT2D eigenvalue weighted by molar-refractivity contribution is 7.10. The number of aliphatic hydroxyl groups is 1. The number of aliphatic hydroxyl groups excluding tert-OH is 1. The van der Waals surface area contributed by atoms with Crippen LogP contribution in [-0.2, 0) is 17.8 Å². The first kappa shape index (κ1) is 18.1. The maximum absolute atomic E-state index is 13.1. The quantitative estimate of drug-likeness (QED) is 0.803. The van der Waals surface area contributed by atoms with Crippen molar-refractivity contribution in [2.24, 2.45) is 0 Å². The Hall–Kier alpha value is -1.71. The molecular weight excluding hydrogens is 337 g/mol. The van der Waals surface area contributed by atoms with E-state index in [9.17, 15) is 4.39 Å². The predicted molar refractivity (Wildman–Crippen MR) is 97.8 cm³/mol. The minimum atomic E-state index is -0.209. The van der Waals surface area contributed by atoms with E-state index in [-0.39, 0.29) is 18.5 Å². The number of nitrogens with zero attached hydrogens (tertiary/aromatic N) is 1. The van der Waals surface area contributed by atoms with Crippen LogP contribution in [0.4, 0.5) is 4.39 Å². The van der Waals surface area contributed by atoms with Crippen LogP contribution in [0.5, 0.6) is 0 Å². The molecule has 2 aromatic rings. The van der Waals surface area contributed by atoms with Crippen LogP contribution in [0.3, 0.4) is 0 Å². The summed E-state index contributed by atoms with van der Waals surface area (Å²) in [6, 6.07) is 8.76. The molecule has 5 heteroatoms. The van der Waals surface area contributed by atoms with Crippen LogP contribution in [0.1, 0.15) is 28.8 Å². The topological polar surface area (TPSA) is 32.7 Å². The monoisotopic (exact) mass is 359 g/mol. The number of thiophene rings is 1. The zero-order chi connectivity index (χ0) is 17.5. The largest absolute Gasteiger partial charge is 0.384 e. The second-order valence-corrected chi connectivity index (χ2v) is 7.19. The third kappa shape index (κ3) is 5.65. The highest BCUT2D eigenvalue weighted by atomic mass is 32.1. The van der Waals surface area contributed by atoms with E-state index in [1.807, 2.05) is 17.5 Å². The van der Waals surface area contributed by atoms with Crippen molar-refractivity contribution in [3.63, 3.8) is 0 Å². The van der Waals surface area contributed by atoms with Crippen LogP contribution in [-0.4, -0.2) is 35.9 Å². The molecule has 0 spiro atoms. The second kappa shape index (κ2) is 9.12. The van der Waals surface area contributed by atoms with E-state index in [2.05, 4.69) is 22.8 Å². The smallest absolute Gasteiger partial charge is 0.123 e. The number of benzene rings is 1. The lowest BCUT2D eigenvalue weighted by Gasteiger charge is -2.24. The van der Waals surface area contributed by atoms with Crippen LogP contribution in [0.2, 0.25) is 0 Å². The Labute approximate surface area is 152 Å². The second-order valence-electron chi connectivity index (χ2n) is 6.19. The lowest BCUT2D eigenvalue weighted by molar-refractivity contribution is 0.0682. The Balaban J connectivity index is 1.68. The molecule has 1 aliphatic rings. The normalized spacial score (nSPS) is 16.8. The average Bonchev–Trinajstić information content (AvgIpc) is 3.27. The first-order chi connectivity index (χ1) is 12.2. The maximum atomic E-state index is 13.1. The highest BCUT2D eigenvalue weighted by Gasteiger charge is 2.20. The number of halogens is 1. The van der Waals surface area contributed by atoms with Crippen molar-refractivity contribution in [3.05, 3.63) is 57.5 Å². The number of hydrogen-bond donors (Lipinski definition) is 1. The van der Waals surface area contributed by atoms with Gasteiger partial charge in [-0.3, -0.25) is 4.90 Å². The molecule has 132 valence electrons. The molecule has 1 aromatic heterocycles. The predicted octanol–water partition coefficient (Wildman–Crippen LogP) is 3.41. The van der Waals surface area contributed by atoms with Crippen LogP contribution >= 0.6 is 11.3 Å². The zero-order valence-corrected chi connectivity index (χ0v) is 14.9. The molecule has 0 amide bonds. The average molecular weight is 359 g/mol. The SMILES string of the molecule is OCC#Cc1csc(CN(Cc2ccc(F)cc2)CC2CCCO2)c1. The molecule has 1 atom stereocenters. The summed E-state index contributed by atoms with van der Waals surface area (Å²) in [5, 5.41) is 10.8. The summed E-state index contributed by atoms with van der Waals surface area (Å²) in [6.45, 7) is 3.15. The van der Waals surface area contributed by atoms with Gasteiger partial charge in [-0.05, 0) is 36.6 Å². The minimum Gasteiger partial charge on any atom is -0.384 e. The van der Waals surface area contributed by atoms with E-state index >= 15 is 0 Å². The zero-order valence-electron chi connectivity index (χ0n) is 14.1. The fourth-order valence-corrected chi connectivity index (χ4v) is 3.86. The first-order valence-corrected chi connectivity index (χ1v) is 9.36. The van der Waals surface area contributed by atoms with Crippen molar-refractivity contribution in [2.45, 2.75) is 32.0 Å². The van der Waals surface area contributed by atoms with Crippen molar-refractivity contribution >= 4 is 11.3 Å². The third-order valence-corrected chi connectivity index (χ3v) is 5.07. The lowest BCUT2D eigenvalue weighted by Crippen LogP contribution is -2.31. The van der Waals surface area contributed by atoms with E-state index in [0.717, 1.165) is 50.2 Å². The summed E-state index contributed by atoms with van der Waals surface area (Å²) >= 11 is 1.67. The Morgan fingerprint density at radius 1 is 1.28 bits per heavy atom. The van der Waals surface area contributed by atoms with Gasteiger partial charge in [0.1, 0.15) is 12.4 Å². The molecule has 1 unspecified atom stereocenters. The molecular formula is C20H22FNO2S. The minimum absolute atomic E-state index is 0.124. The Morgan fingerprint density at radius 3 is 2.84 bits per heavy atom. The molecule has 3 rings (SSSR count). The molecule has 3 nitrogen and oxygen atoms in total. The van der Waals surface area contributed by atoms with Gasteiger partial charge in [0.15, 0.2) is 0 Å². The molecule has 0 radical (unpaired) electrons. The molecule has 1 aliphatic heterocycles. The van der Waals surface area contributed by atoms with Crippen molar-refractivity contribution in [3.8, 4) is 11.8 Å². The number of hydrogen-bond acceptors (Lipinski definition) is 4. The molecule has 1 fully saturated rings. The molecule has 0 bridgehead atoms. The van der Waals surface area contributed by atoms with Crippen LogP contribution < -0.4 is 0 Å². The molecule has 1 N–H and O–H groups in total. The summed E-state index contributed by atoms with van der Waals surface area (Å²) in [4.78, 5) is 3.57. The molecule has 2 heterocycles. The van der Waals surface area contributed by atoms with Crippen LogP contribution in [0.25, 0.3) is 0 Å². The first-order valence-electron chi connectivity index (χ1n) is 8.48. The van der Waals surface area contributed by atoms with Gasteiger partial charge in [0.05, 0.1) is 6.10 Å². The third-order valence-electron chi connectivity index (χ3n) is 4.15.